The highest BCUT2D eigenvalue weighted by Crippen LogP contribution is 2.56. The van der Waals surface area contributed by atoms with Gasteiger partial charge in [-0.2, -0.15) is 9.97 Å². The number of carbonyl (C=O) groups is 1. The lowest BCUT2D eigenvalue weighted by molar-refractivity contribution is -0.152. The van der Waals surface area contributed by atoms with Crippen LogP contribution in [0.3, 0.4) is 0 Å². The van der Waals surface area contributed by atoms with Crippen molar-refractivity contribution in [1.29, 1.82) is 0 Å². The van der Waals surface area contributed by atoms with E-state index in [1.807, 2.05) is 0 Å². The maximum atomic E-state index is 13.0. The molecule has 188 valence electrons. The van der Waals surface area contributed by atoms with E-state index in [1.165, 1.54) is 18.0 Å². The molecule has 14 nitrogen and oxygen atoms in total. The molecule has 4 heterocycles. The quantitative estimate of drug-likeness (QED) is 0.389. The van der Waals surface area contributed by atoms with E-state index in [-0.39, 0.29) is 49.2 Å². The first-order valence-corrected chi connectivity index (χ1v) is 12.2. The molecule has 6 atom stereocenters. The second kappa shape index (κ2) is 9.72. The number of hydrogen-bond donors (Lipinski definition) is 2. The normalized spacial score (nSPS) is 29.8. The summed E-state index contributed by atoms with van der Waals surface area (Å²) >= 11 is 0. The van der Waals surface area contributed by atoms with Gasteiger partial charge < -0.3 is 25.1 Å². The first-order chi connectivity index (χ1) is 16.1. The number of phosphoric acid groups is 1. The number of hydrogen-bond acceptors (Lipinski definition) is 13. The summed E-state index contributed by atoms with van der Waals surface area (Å²) < 4.78 is 46.8. The van der Waals surface area contributed by atoms with Gasteiger partial charge in [0.05, 0.1) is 38.7 Å². The molecule has 0 aliphatic carbocycles. The number of carbonyl (C=O) groups excluding carboxylic acids is 1. The monoisotopic (exact) mass is 501 g/mol. The Labute approximate surface area is 195 Å². The van der Waals surface area contributed by atoms with Crippen molar-refractivity contribution >= 4 is 30.9 Å². The number of imidazole rings is 1. The molecule has 2 saturated heterocycles. The summed E-state index contributed by atoms with van der Waals surface area (Å²) in [6.07, 6.45) is -2.51. The minimum atomic E-state index is -3.99. The highest BCUT2D eigenvalue weighted by molar-refractivity contribution is 7.48. The number of nitrogens with two attached hydrogens (primary N) is 1. The van der Waals surface area contributed by atoms with Gasteiger partial charge in [-0.05, 0) is 20.3 Å². The van der Waals surface area contributed by atoms with E-state index >= 15 is 0 Å². The van der Waals surface area contributed by atoms with Crippen molar-refractivity contribution in [3.8, 4) is 5.88 Å². The minimum absolute atomic E-state index is 0.0417. The van der Waals surface area contributed by atoms with E-state index < -0.39 is 38.3 Å². The summed E-state index contributed by atoms with van der Waals surface area (Å²) in [7, 11) is -2.57. The largest absolute Gasteiger partial charge is 0.479 e. The van der Waals surface area contributed by atoms with Crippen LogP contribution in [0.2, 0.25) is 0 Å². The number of methoxy groups -OCH3 is 1. The molecule has 2 aromatic heterocycles. The van der Waals surface area contributed by atoms with Gasteiger partial charge in [-0.15, -0.1) is 0 Å². The molecule has 0 aromatic carbocycles. The molecular weight excluding hydrogens is 473 g/mol. The Morgan fingerprint density at radius 2 is 2.15 bits per heavy atom. The lowest BCUT2D eigenvalue weighted by Crippen LogP contribution is -2.39. The van der Waals surface area contributed by atoms with E-state index in [2.05, 4.69) is 15.0 Å². The van der Waals surface area contributed by atoms with Crippen molar-refractivity contribution in [3.05, 3.63) is 6.33 Å². The van der Waals surface area contributed by atoms with Gasteiger partial charge in [-0.1, -0.05) is 6.92 Å². The van der Waals surface area contributed by atoms with Gasteiger partial charge in [0, 0.05) is 0 Å². The van der Waals surface area contributed by atoms with Crippen molar-refractivity contribution in [3.63, 3.8) is 0 Å². The van der Waals surface area contributed by atoms with Crippen molar-refractivity contribution in [2.75, 3.05) is 26.1 Å². The summed E-state index contributed by atoms with van der Waals surface area (Å²) in [6.45, 7) is 5.00. The summed E-state index contributed by atoms with van der Waals surface area (Å²) in [5, 5.41) is 10.9. The second-order valence-corrected chi connectivity index (χ2v) is 9.91. The Morgan fingerprint density at radius 1 is 1.38 bits per heavy atom. The predicted molar refractivity (Wildman–Crippen MR) is 116 cm³/mol. The number of anilines is 1. The molecule has 0 spiro atoms. The summed E-state index contributed by atoms with van der Waals surface area (Å²) in [6, 6.07) is 0. The minimum Gasteiger partial charge on any atom is -0.479 e. The predicted octanol–water partition coefficient (Wildman–Crippen LogP) is 1.19. The Hall–Kier alpha value is -2.35. The standard InChI is InChI=1S/C19H28N5O9P/c1-9(2)31-18(26)10(3)5-6-29-34(27)30-7-11-14(33-34)13(25)17(32-11)24-8-21-12-15(24)22-19(20)23-16(12)28-4/h8-11,13-14,17,25H,5-7H2,1-4H3,(H2,20,22,23)/t10-,11?,13+,14-,17-,34+/m1/s1. The number of aliphatic hydroxyl groups is 1. The smallest absolute Gasteiger partial charge is 0.475 e. The molecule has 4 rings (SSSR count). The number of ether oxygens (including phenoxy) is 3. The number of rotatable bonds is 8. The molecule has 2 fully saturated rings. The topological polar surface area (TPSA) is 179 Å². The highest BCUT2D eigenvalue weighted by atomic mass is 31.2. The number of nitrogens with zero attached hydrogens (tertiary/aromatic N) is 4. The lowest BCUT2D eigenvalue weighted by Gasteiger charge is -2.30. The lowest BCUT2D eigenvalue weighted by atomic mass is 10.1. The Morgan fingerprint density at radius 3 is 2.85 bits per heavy atom. The molecule has 2 aromatic rings. The molecule has 3 N–H and O–H groups in total. The summed E-state index contributed by atoms with van der Waals surface area (Å²) in [4.78, 5) is 24.3. The average Bonchev–Trinajstić information content (AvgIpc) is 3.33. The third kappa shape index (κ3) is 4.88. The molecule has 15 heteroatoms. The van der Waals surface area contributed by atoms with Crippen molar-refractivity contribution in [2.24, 2.45) is 5.92 Å². The van der Waals surface area contributed by atoms with Crippen LogP contribution in [0.15, 0.2) is 6.33 Å². The van der Waals surface area contributed by atoms with Crippen LogP contribution >= 0.6 is 7.82 Å². The number of nitrogen functional groups attached to an aromatic ring is 1. The van der Waals surface area contributed by atoms with E-state index in [0.29, 0.717) is 5.52 Å². The summed E-state index contributed by atoms with van der Waals surface area (Å²) in [5.41, 5.74) is 6.37. The zero-order chi connectivity index (χ0) is 24.6. The van der Waals surface area contributed by atoms with E-state index in [0.717, 1.165) is 0 Å². The number of esters is 1. The van der Waals surface area contributed by atoms with E-state index in [9.17, 15) is 14.5 Å². The van der Waals surface area contributed by atoms with Crippen LogP contribution in [0.1, 0.15) is 33.4 Å². The third-order valence-electron chi connectivity index (χ3n) is 5.39. The number of aliphatic hydroxyl groups excluding tert-OH is 1. The van der Waals surface area contributed by atoms with E-state index in [1.54, 1.807) is 20.8 Å². The Kier molecular flexibility index (Phi) is 7.08. The van der Waals surface area contributed by atoms with Crippen LogP contribution in [0.5, 0.6) is 5.88 Å². The molecular formula is C19H28N5O9P. The maximum absolute atomic E-state index is 13.0. The Bertz CT molecular complexity index is 1100. The number of aromatic nitrogens is 4. The fourth-order valence-corrected chi connectivity index (χ4v) is 5.08. The van der Waals surface area contributed by atoms with Gasteiger partial charge in [-0.3, -0.25) is 22.9 Å². The van der Waals surface area contributed by atoms with Gasteiger partial charge in [0.15, 0.2) is 17.4 Å². The molecule has 0 bridgehead atoms. The van der Waals surface area contributed by atoms with Crippen LogP contribution in [0.25, 0.3) is 11.2 Å². The maximum Gasteiger partial charge on any atom is 0.475 e. The number of fused-ring (bicyclic) bond motifs is 2. The molecule has 2 aliphatic rings. The van der Waals surface area contributed by atoms with Gasteiger partial charge in [0.2, 0.25) is 11.8 Å². The molecule has 0 saturated carbocycles. The van der Waals surface area contributed by atoms with Crippen LogP contribution in [0.4, 0.5) is 5.95 Å². The van der Waals surface area contributed by atoms with Crippen LogP contribution in [-0.4, -0.2) is 75.3 Å². The first kappa shape index (κ1) is 24.8. The van der Waals surface area contributed by atoms with Crippen LogP contribution in [-0.2, 0) is 32.4 Å². The zero-order valence-electron chi connectivity index (χ0n) is 19.2. The summed E-state index contributed by atoms with van der Waals surface area (Å²) in [5.74, 6) is -0.703. The van der Waals surface area contributed by atoms with Crippen LogP contribution < -0.4 is 10.5 Å². The molecule has 0 radical (unpaired) electrons. The SMILES string of the molecule is COc1nc(N)nc2c1ncn2[C@@H]1OC2CO[P@](=O)(OCC[C@@H](C)C(=O)OC(C)C)O[C@H]2[C@@H]1O. The molecule has 1 unspecified atom stereocenters. The third-order valence-corrected chi connectivity index (χ3v) is 6.85. The second-order valence-electron chi connectivity index (χ2n) is 8.29. The molecule has 0 amide bonds. The molecule has 34 heavy (non-hydrogen) atoms. The van der Waals surface area contributed by atoms with Gasteiger partial charge in [0.25, 0.3) is 0 Å². The van der Waals surface area contributed by atoms with Gasteiger partial charge in [-0.25, -0.2) is 9.55 Å². The van der Waals surface area contributed by atoms with Crippen molar-refractivity contribution in [1.82, 2.24) is 19.5 Å². The van der Waals surface area contributed by atoms with Crippen LogP contribution in [0, 0.1) is 5.92 Å². The highest BCUT2D eigenvalue weighted by Gasteiger charge is 2.53. The van der Waals surface area contributed by atoms with Gasteiger partial charge in [0.1, 0.15) is 18.3 Å². The van der Waals surface area contributed by atoms with E-state index in [4.69, 9.17) is 33.5 Å². The van der Waals surface area contributed by atoms with Gasteiger partial charge >= 0.3 is 13.8 Å². The average molecular weight is 501 g/mol. The Balaban J connectivity index is 1.42. The number of phosphoric ester groups is 1. The molecule has 2 aliphatic heterocycles. The van der Waals surface area contributed by atoms with Crippen molar-refractivity contribution in [2.45, 2.75) is 57.8 Å². The fourth-order valence-electron chi connectivity index (χ4n) is 3.67. The first-order valence-electron chi connectivity index (χ1n) is 10.8. The fraction of sp³-hybridized carbons (Fsp3) is 0.684. The van der Waals surface area contributed by atoms with Crippen molar-refractivity contribution < 1.29 is 42.2 Å². The zero-order valence-corrected chi connectivity index (χ0v) is 20.1.